The fourth-order valence-corrected chi connectivity index (χ4v) is 6.60. The summed E-state index contributed by atoms with van der Waals surface area (Å²) in [5.41, 5.74) is 0. The molecule has 0 aliphatic carbocycles. The maximum Gasteiger partial charge on any atom is 0.101 e. The zero-order chi connectivity index (χ0) is 28.9. The quantitative estimate of drug-likeness (QED) is 0.0778. The highest BCUT2D eigenvalue weighted by atomic mass is 15.4. The molecule has 0 aromatic rings. The molecule has 1 aliphatic rings. The molecule has 1 rings (SSSR count). The summed E-state index contributed by atoms with van der Waals surface area (Å²) in [6.07, 6.45) is 47.2. The lowest BCUT2D eigenvalue weighted by Gasteiger charge is -2.35. The average Bonchev–Trinajstić information content (AvgIpc) is 3.36. The standard InChI is InChI=1S/C38H76N2/c1-5-7-9-11-13-15-17-19-20-21-22-24-26-28-30-32-34-39-35-36-40(37(3)4)38(39)33-31-29-27-25-23-18-16-14-12-10-8-6-2/h35-38H,5-34H2,1-4H3. The predicted molar refractivity (Wildman–Crippen MR) is 182 cm³/mol. The Labute approximate surface area is 254 Å². The van der Waals surface area contributed by atoms with E-state index in [2.05, 4.69) is 49.9 Å². The molecule has 1 unspecified atom stereocenters. The Balaban J connectivity index is 1.99. The minimum Gasteiger partial charge on any atom is -0.356 e. The zero-order valence-electron chi connectivity index (χ0n) is 28.4. The molecule has 0 radical (unpaired) electrons. The Morgan fingerprint density at radius 2 is 0.750 bits per heavy atom. The van der Waals surface area contributed by atoms with Gasteiger partial charge in [0.2, 0.25) is 0 Å². The fourth-order valence-electron chi connectivity index (χ4n) is 6.60. The maximum absolute atomic E-state index is 2.67. The van der Waals surface area contributed by atoms with Gasteiger partial charge in [-0.3, -0.25) is 0 Å². The summed E-state index contributed by atoms with van der Waals surface area (Å²) in [5.74, 6) is 0. The van der Waals surface area contributed by atoms with Gasteiger partial charge in [0.25, 0.3) is 0 Å². The molecule has 0 aromatic heterocycles. The lowest BCUT2D eigenvalue weighted by molar-refractivity contribution is 0.114. The number of unbranched alkanes of at least 4 members (excludes halogenated alkanes) is 26. The van der Waals surface area contributed by atoms with Gasteiger partial charge in [-0.25, -0.2) is 0 Å². The smallest absolute Gasteiger partial charge is 0.101 e. The summed E-state index contributed by atoms with van der Waals surface area (Å²) in [6.45, 7) is 10.6. The minimum absolute atomic E-state index is 0.606. The van der Waals surface area contributed by atoms with Crippen molar-refractivity contribution in [1.82, 2.24) is 9.80 Å². The van der Waals surface area contributed by atoms with Crippen LogP contribution in [0.4, 0.5) is 0 Å². The van der Waals surface area contributed by atoms with Crippen LogP contribution in [-0.2, 0) is 0 Å². The van der Waals surface area contributed by atoms with E-state index in [0.717, 1.165) is 0 Å². The van der Waals surface area contributed by atoms with E-state index in [9.17, 15) is 0 Å². The van der Waals surface area contributed by atoms with Crippen LogP contribution in [0.25, 0.3) is 0 Å². The van der Waals surface area contributed by atoms with Gasteiger partial charge in [0.15, 0.2) is 0 Å². The highest BCUT2D eigenvalue weighted by Gasteiger charge is 2.26. The second-order valence-electron chi connectivity index (χ2n) is 13.5. The van der Waals surface area contributed by atoms with Crippen molar-refractivity contribution in [3.8, 4) is 0 Å². The molecule has 0 N–H and O–H groups in total. The number of rotatable bonds is 31. The number of nitrogens with zero attached hydrogens (tertiary/aromatic N) is 2. The van der Waals surface area contributed by atoms with Gasteiger partial charge in [0.1, 0.15) is 6.17 Å². The van der Waals surface area contributed by atoms with Crippen molar-refractivity contribution < 1.29 is 0 Å². The largest absolute Gasteiger partial charge is 0.356 e. The van der Waals surface area contributed by atoms with Crippen molar-refractivity contribution in [3.05, 3.63) is 12.4 Å². The third-order valence-electron chi connectivity index (χ3n) is 9.34. The van der Waals surface area contributed by atoms with Gasteiger partial charge >= 0.3 is 0 Å². The first-order valence-electron chi connectivity index (χ1n) is 18.9. The average molecular weight is 561 g/mol. The third-order valence-corrected chi connectivity index (χ3v) is 9.34. The molecule has 2 heteroatoms. The highest BCUT2D eigenvalue weighted by Crippen LogP contribution is 2.25. The number of hydrogen-bond acceptors (Lipinski definition) is 2. The van der Waals surface area contributed by atoms with E-state index >= 15 is 0 Å². The normalized spacial score (nSPS) is 15.3. The van der Waals surface area contributed by atoms with Gasteiger partial charge in [-0.15, -0.1) is 0 Å². The Morgan fingerprint density at radius 1 is 0.425 bits per heavy atom. The second kappa shape index (κ2) is 28.5. The van der Waals surface area contributed by atoms with Gasteiger partial charge < -0.3 is 9.80 Å². The molecule has 0 saturated carbocycles. The molecule has 1 aliphatic heterocycles. The van der Waals surface area contributed by atoms with Crippen LogP contribution in [0.15, 0.2) is 12.4 Å². The van der Waals surface area contributed by atoms with Crippen LogP contribution in [0.5, 0.6) is 0 Å². The van der Waals surface area contributed by atoms with Crippen molar-refractivity contribution in [2.24, 2.45) is 0 Å². The van der Waals surface area contributed by atoms with E-state index in [0.29, 0.717) is 12.2 Å². The van der Waals surface area contributed by atoms with E-state index in [1.807, 2.05) is 0 Å². The monoisotopic (exact) mass is 561 g/mol. The molecule has 0 bridgehead atoms. The molecule has 0 spiro atoms. The molecular formula is C38H76N2. The van der Waals surface area contributed by atoms with Crippen molar-refractivity contribution in [1.29, 1.82) is 0 Å². The van der Waals surface area contributed by atoms with E-state index in [-0.39, 0.29) is 0 Å². The van der Waals surface area contributed by atoms with Crippen molar-refractivity contribution in [3.63, 3.8) is 0 Å². The van der Waals surface area contributed by atoms with Crippen LogP contribution in [0.2, 0.25) is 0 Å². The Hall–Kier alpha value is -0.660. The van der Waals surface area contributed by atoms with Crippen molar-refractivity contribution in [2.75, 3.05) is 6.54 Å². The van der Waals surface area contributed by atoms with Gasteiger partial charge in [-0.1, -0.05) is 181 Å². The Bertz CT molecular complexity index is 528. The lowest BCUT2D eigenvalue weighted by Crippen LogP contribution is -2.42. The van der Waals surface area contributed by atoms with Gasteiger partial charge in [-0.05, 0) is 33.1 Å². The van der Waals surface area contributed by atoms with Crippen molar-refractivity contribution in [2.45, 2.75) is 226 Å². The van der Waals surface area contributed by atoms with Crippen LogP contribution in [-0.4, -0.2) is 28.6 Å². The maximum atomic E-state index is 2.67. The fraction of sp³-hybridized carbons (Fsp3) is 0.947. The zero-order valence-corrected chi connectivity index (χ0v) is 28.4. The molecule has 0 amide bonds. The summed E-state index contributed by atoms with van der Waals surface area (Å²) < 4.78 is 0. The molecule has 0 fully saturated rings. The van der Waals surface area contributed by atoms with Gasteiger partial charge in [0.05, 0.1) is 0 Å². The SMILES string of the molecule is CCCCCCCCCCCCCCCCCCN1C=CN(C(C)C)C1CCCCCCCCCCCCCC. The first-order chi connectivity index (χ1) is 19.7. The van der Waals surface area contributed by atoms with Crippen molar-refractivity contribution >= 4 is 0 Å². The third kappa shape index (κ3) is 21.1. The van der Waals surface area contributed by atoms with E-state index in [4.69, 9.17) is 0 Å². The second-order valence-corrected chi connectivity index (χ2v) is 13.5. The molecule has 40 heavy (non-hydrogen) atoms. The van der Waals surface area contributed by atoms with Crippen LogP contribution in [0.3, 0.4) is 0 Å². The summed E-state index contributed by atoms with van der Waals surface area (Å²) in [7, 11) is 0. The van der Waals surface area contributed by atoms with E-state index in [1.165, 1.54) is 193 Å². The lowest BCUT2D eigenvalue weighted by atomic mass is 10.0. The van der Waals surface area contributed by atoms with Crippen LogP contribution in [0.1, 0.15) is 214 Å². The number of hydrogen-bond donors (Lipinski definition) is 0. The van der Waals surface area contributed by atoms with Crippen LogP contribution in [0, 0.1) is 0 Å². The molecule has 238 valence electrons. The van der Waals surface area contributed by atoms with Crippen LogP contribution >= 0.6 is 0 Å². The first kappa shape index (κ1) is 37.4. The first-order valence-corrected chi connectivity index (χ1v) is 18.9. The molecule has 1 heterocycles. The predicted octanol–water partition coefficient (Wildman–Crippen LogP) is 13.2. The summed E-state index contributed by atoms with van der Waals surface area (Å²) in [6, 6.07) is 0.606. The minimum atomic E-state index is 0.606. The summed E-state index contributed by atoms with van der Waals surface area (Å²) in [5, 5.41) is 0. The summed E-state index contributed by atoms with van der Waals surface area (Å²) >= 11 is 0. The Morgan fingerprint density at radius 3 is 1.10 bits per heavy atom. The molecular weight excluding hydrogens is 484 g/mol. The van der Waals surface area contributed by atoms with Gasteiger partial charge in [0, 0.05) is 25.0 Å². The molecule has 2 nitrogen and oxygen atoms in total. The van der Waals surface area contributed by atoms with Gasteiger partial charge in [-0.2, -0.15) is 0 Å². The molecule has 0 saturated heterocycles. The molecule has 0 aromatic carbocycles. The van der Waals surface area contributed by atoms with E-state index < -0.39 is 0 Å². The van der Waals surface area contributed by atoms with Crippen LogP contribution < -0.4 is 0 Å². The molecule has 1 atom stereocenters. The Kier molecular flexibility index (Phi) is 26.6. The highest BCUT2D eigenvalue weighted by molar-refractivity contribution is 4.98. The van der Waals surface area contributed by atoms with E-state index in [1.54, 1.807) is 0 Å². The summed E-state index contributed by atoms with van der Waals surface area (Å²) in [4.78, 5) is 5.29. The topological polar surface area (TPSA) is 6.48 Å².